The van der Waals surface area contributed by atoms with Gasteiger partial charge in [0.2, 0.25) is 11.3 Å². The van der Waals surface area contributed by atoms with Crippen LogP contribution in [-0.4, -0.2) is 52.7 Å². The van der Waals surface area contributed by atoms with Crippen LogP contribution in [0.5, 0.6) is 5.75 Å². The van der Waals surface area contributed by atoms with Crippen molar-refractivity contribution in [2.24, 2.45) is 5.92 Å². The lowest BCUT2D eigenvalue weighted by molar-refractivity contribution is -0.150. The number of nitrogens with one attached hydrogen (secondary N) is 1. The molecular weight excluding hydrogens is 374 g/mol. The van der Waals surface area contributed by atoms with E-state index in [-0.39, 0.29) is 53.3 Å². The number of rotatable bonds is 5. The summed E-state index contributed by atoms with van der Waals surface area (Å²) in [4.78, 5) is 24.6. The van der Waals surface area contributed by atoms with Crippen molar-refractivity contribution in [3.8, 4) is 5.75 Å². The summed E-state index contributed by atoms with van der Waals surface area (Å²) in [6.45, 7) is 1.50. The summed E-state index contributed by atoms with van der Waals surface area (Å²) in [6.07, 6.45) is 1.91. The lowest BCUT2D eigenvalue weighted by Gasteiger charge is -2.45. The summed E-state index contributed by atoms with van der Waals surface area (Å²) in [6, 6.07) is 5.02. The maximum atomic E-state index is 12.7. The molecule has 2 aliphatic rings. The van der Waals surface area contributed by atoms with Gasteiger partial charge in [0.1, 0.15) is 6.10 Å². The van der Waals surface area contributed by atoms with E-state index in [1.807, 2.05) is 6.07 Å². The second kappa shape index (κ2) is 9.24. The van der Waals surface area contributed by atoms with E-state index in [9.17, 15) is 9.59 Å². The molecule has 160 valence electrons. The Labute approximate surface area is 171 Å². The molecular formula is C22H31NO6. The van der Waals surface area contributed by atoms with Crippen molar-refractivity contribution in [1.82, 2.24) is 5.32 Å². The molecule has 7 heteroatoms. The monoisotopic (exact) mass is 405 g/mol. The number of amides is 1. The van der Waals surface area contributed by atoms with Gasteiger partial charge >= 0.3 is 0 Å². The molecule has 1 fully saturated rings. The van der Waals surface area contributed by atoms with Crippen molar-refractivity contribution in [1.29, 1.82) is 0 Å². The number of ether oxygens (including phenoxy) is 4. The third-order valence-electron chi connectivity index (χ3n) is 6.37. The van der Waals surface area contributed by atoms with E-state index in [0.29, 0.717) is 0 Å². The summed E-state index contributed by atoms with van der Waals surface area (Å²) in [5.41, 5.74) is 1.62. The quantitative estimate of drug-likeness (QED) is 0.809. The van der Waals surface area contributed by atoms with Crippen LogP contribution in [0, 0.1) is 5.92 Å². The van der Waals surface area contributed by atoms with Gasteiger partial charge in [-0.3, -0.25) is 9.59 Å². The Morgan fingerprint density at radius 1 is 1.00 bits per heavy atom. The fourth-order valence-corrected chi connectivity index (χ4v) is 5.13. The Kier molecular flexibility index (Phi) is 6.93. The molecule has 0 saturated heterocycles. The molecule has 1 aromatic carbocycles. The number of hydrogen-bond acceptors (Lipinski definition) is 6. The van der Waals surface area contributed by atoms with Gasteiger partial charge < -0.3 is 24.3 Å². The van der Waals surface area contributed by atoms with Crippen LogP contribution >= 0.6 is 0 Å². The molecule has 0 spiro atoms. The highest BCUT2D eigenvalue weighted by Gasteiger charge is 2.48. The highest BCUT2D eigenvalue weighted by Crippen LogP contribution is 2.48. The van der Waals surface area contributed by atoms with Gasteiger partial charge in [-0.1, -0.05) is 6.07 Å². The molecule has 2 aliphatic carbocycles. The largest absolute Gasteiger partial charge is 0.493 e. The molecule has 29 heavy (non-hydrogen) atoms. The molecule has 0 heterocycles. The van der Waals surface area contributed by atoms with Crippen LogP contribution < -0.4 is 15.5 Å². The Bertz CT molecular complexity index is 797. The van der Waals surface area contributed by atoms with Crippen LogP contribution in [0.3, 0.4) is 0 Å². The molecule has 1 amide bonds. The lowest BCUT2D eigenvalue weighted by Crippen LogP contribution is -2.51. The van der Waals surface area contributed by atoms with Gasteiger partial charge in [0.15, 0.2) is 5.75 Å². The number of methoxy groups -OCH3 is 4. The number of carbonyl (C=O) groups excluding carboxylic acids is 1. The minimum atomic E-state index is -0.239. The molecule has 3 rings (SSSR count). The summed E-state index contributed by atoms with van der Waals surface area (Å²) < 4.78 is 22.7. The third-order valence-corrected chi connectivity index (χ3v) is 6.37. The molecule has 0 aromatic heterocycles. The first-order valence-corrected chi connectivity index (χ1v) is 10.0. The lowest BCUT2D eigenvalue weighted by atomic mass is 9.70. The van der Waals surface area contributed by atoms with Crippen molar-refractivity contribution < 1.29 is 23.7 Å². The summed E-state index contributed by atoms with van der Waals surface area (Å²) in [7, 11) is 6.54. The van der Waals surface area contributed by atoms with Crippen molar-refractivity contribution in [2.75, 3.05) is 28.4 Å². The van der Waals surface area contributed by atoms with Crippen LogP contribution in [0.4, 0.5) is 0 Å². The maximum Gasteiger partial charge on any atom is 0.220 e. The summed E-state index contributed by atoms with van der Waals surface area (Å²) >= 11 is 0. The summed E-state index contributed by atoms with van der Waals surface area (Å²) in [5.74, 6) is 0.447. The zero-order chi connectivity index (χ0) is 21.1. The maximum absolute atomic E-state index is 12.7. The average molecular weight is 405 g/mol. The molecule has 5 unspecified atom stereocenters. The highest BCUT2D eigenvalue weighted by atomic mass is 16.6. The first-order chi connectivity index (χ1) is 13.9. The van der Waals surface area contributed by atoms with E-state index in [1.54, 1.807) is 33.5 Å². The van der Waals surface area contributed by atoms with Gasteiger partial charge in [-0.25, -0.2) is 0 Å². The van der Waals surface area contributed by atoms with Crippen LogP contribution in [0.1, 0.15) is 49.3 Å². The molecule has 6 atom stereocenters. The molecule has 0 aliphatic heterocycles. The minimum absolute atomic E-state index is 0.0154. The van der Waals surface area contributed by atoms with Gasteiger partial charge in [-0.15, -0.1) is 0 Å². The standard InChI is InChI=1S/C22H31NO6/c1-12(24)23-16-8-6-13-10-19(27-3)21(28-4)22(29-5)20(13)14-7-9-18(26-2)17(25)11-15(14)16/h7,9,11,13,16,19-22H,6,8,10H2,1-5H3,(H,23,24)/t13?,16-,19?,20?,21?,22?/m0/s1. The fourth-order valence-electron chi connectivity index (χ4n) is 5.13. The molecule has 7 nitrogen and oxygen atoms in total. The first-order valence-electron chi connectivity index (χ1n) is 10.0. The minimum Gasteiger partial charge on any atom is -0.493 e. The van der Waals surface area contributed by atoms with Gasteiger partial charge in [0.05, 0.1) is 25.4 Å². The third kappa shape index (κ3) is 4.17. The normalized spacial score (nSPS) is 31.2. The number of hydrogen-bond donors (Lipinski definition) is 1. The highest BCUT2D eigenvalue weighted by molar-refractivity contribution is 5.73. The van der Waals surface area contributed by atoms with E-state index < -0.39 is 0 Å². The average Bonchev–Trinajstić information content (AvgIpc) is 2.95. The smallest absolute Gasteiger partial charge is 0.220 e. The molecule has 1 aromatic rings. The van der Waals surface area contributed by atoms with Crippen molar-refractivity contribution in [2.45, 2.75) is 56.5 Å². The zero-order valence-corrected chi connectivity index (χ0v) is 17.8. The van der Waals surface area contributed by atoms with Gasteiger partial charge in [-0.2, -0.15) is 0 Å². The van der Waals surface area contributed by atoms with Crippen LogP contribution in [0.25, 0.3) is 0 Å². The molecule has 1 saturated carbocycles. The van der Waals surface area contributed by atoms with Crippen molar-refractivity contribution in [3.63, 3.8) is 0 Å². The Morgan fingerprint density at radius 3 is 2.31 bits per heavy atom. The Hall–Kier alpha value is -1.96. The van der Waals surface area contributed by atoms with Gasteiger partial charge in [0, 0.05) is 34.2 Å². The Balaban J connectivity index is 2.20. The second-order valence-electron chi connectivity index (χ2n) is 7.85. The van der Waals surface area contributed by atoms with Gasteiger partial charge in [0.25, 0.3) is 0 Å². The van der Waals surface area contributed by atoms with Crippen LogP contribution in [-0.2, 0) is 19.0 Å². The van der Waals surface area contributed by atoms with Crippen LogP contribution in [0.15, 0.2) is 23.0 Å². The predicted octanol–water partition coefficient (Wildman–Crippen LogP) is 2.17. The predicted molar refractivity (Wildman–Crippen MR) is 108 cm³/mol. The van der Waals surface area contributed by atoms with E-state index in [1.165, 1.54) is 14.0 Å². The zero-order valence-electron chi connectivity index (χ0n) is 17.8. The van der Waals surface area contributed by atoms with Gasteiger partial charge in [-0.05, 0) is 48.4 Å². The number of fused-ring (bicyclic) bond motifs is 3. The topological polar surface area (TPSA) is 83.1 Å². The van der Waals surface area contributed by atoms with E-state index >= 15 is 0 Å². The SMILES string of the molecule is COc1ccc2c(cc1=O)[C@@H](NC(C)=O)CCC1CC(OC)C(OC)C(OC)C21. The molecule has 0 bridgehead atoms. The first kappa shape index (κ1) is 21.7. The summed E-state index contributed by atoms with van der Waals surface area (Å²) in [5, 5.41) is 3.03. The van der Waals surface area contributed by atoms with Crippen molar-refractivity contribution >= 4 is 5.91 Å². The molecule has 1 N–H and O–H groups in total. The second-order valence-corrected chi connectivity index (χ2v) is 7.85. The number of carbonyl (C=O) groups is 1. The Morgan fingerprint density at radius 2 is 1.72 bits per heavy atom. The van der Waals surface area contributed by atoms with E-state index in [4.69, 9.17) is 18.9 Å². The molecule has 0 radical (unpaired) electrons. The van der Waals surface area contributed by atoms with E-state index in [2.05, 4.69) is 5.32 Å². The van der Waals surface area contributed by atoms with E-state index in [0.717, 1.165) is 30.4 Å². The van der Waals surface area contributed by atoms with Crippen LogP contribution in [0.2, 0.25) is 0 Å². The fraction of sp³-hybridized carbons (Fsp3) is 0.636. The van der Waals surface area contributed by atoms with Crippen molar-refractivity contribution in [3.05, 3.63) is 39.5 Å².